The number of hydrogen-bond acceptors (Lipinski definition) is 9. The smallest absolute Gasteiger partial charge is 0.434 e. The zero-order valence-corrected chi connectivity index (χ0v) is 28.9. The van der Waals surface area contributed by atoms with Crippen LogP contribution in [0, 0.1) is 23.7 Å². The van der Waals surface area contributed by atoms with Crippen LogP contribution in [0.2, 0.25) is 0 Å². The van der Waals surface area contributed by atoms with Gasteiger partial charge in [0.05, 0.1) is 11.8 Å². The summed E-state index contributed by atoms with van der Waals surface area (Å²) in [6.45, 7) is 3.68. The number of aromatic nitrogens is 4. The van der Waals surface area contributed by atoms with Crippen molar-refractivity contribution in [1.82, 2.24) is 30.0 Å². The maximum Gasteiger partial charge on any atom is 0.434 e. The Kier molecular flexibility index (Phi) is 7.85. The van der Waals surface area contributed by atoms with Crippen LogP contribution in [-0.2, 0) is 34.7 Å². The molecule has 5 heterocycles. The number of ether oxygens (including phenoxy) is 2. The molecule has 4 bridgehead atoms. The molecule has 2 N–H and O–H groups in total. The largest absolute Gasteiger partial charge is 0.488 e. The topological polar surface area (TPSA) is 135 Å². The lowest BCUT2D eigenvalue weighted by Crippen LogP contribution is -2.70. The van der Waals surface area contributed by atoms with Crippen LogP contribution in [0.5, 0.6) is 5.75 Å². The number of aliphatic carboxylic acids is 1. The summed E-state index contributed by atoms with van der Waals surface area (Å²) in [6, 6.07) is 5.67. The molecule has 7 aliphatic rings. The summed E-state index contributed by atoms with van der Waals surface area (Å²) in [5.74, 6) is -1.60. The van der Waals surface area contributed by atoms with Crippen molar-refractivity contribution in [3.8, 4) is 5.75 Å². The van der Waals surface area contributed by atoms with Crippen LogP contribution in [0.4, 0.5) is 24.8 Å². The van der Waals surface area contributed by atoms with Crippen LogP contribution >= 0.6 is 0 Å². The normalized spacial score (nSPS) is 29.3. The van der Waals surface area contributed by atoms with E-state index in [4.69, 9.17) is 9.47 Å². The van der Waals surface area contributed by atoms with Crippen molar-refractivity contribution in [2.45, 2.75) is 74.7 Å². The number of aryl methyl sites for hydroxylation is 1. The average molecular weight is 722 g/mol. The Bertz CT molecular complexity index is 1880. The second kappa shape index (κ2) is 12.2. The monoisotopic (exact) mass is 721 g/mol. The van der Waals surface area contributed by atoms with Crippen molar-refractivity contribution in [3.63, 3.8) is 0 Å². The molecule has 1 aromatic carbocycles. The van der Waals surface area contributed by atoms with Crippen molar-refractivity contribution in [3.05, 3.63) is 59.2 Å². The van der Waals surface area contributed by atoms with E-state index in [1.165, 1.54) is 0 Å². The second-order valence-electron chi connectivity index (χ2n) is 16.0. The first-order valence-electron chi connectivity index (χ1n) is 18.3. The van der Waals surface area contributed by atoms with Gasteiger partial charge in [-0.2, -0.15) is 18.3 Å². The number of fused-ring (bicyclic) bond motifs is 2. The van der Waals surface area contributed by atoms with Crippen molar-refractivity contribution >= 4 is 23.5 Å². The summed E-state index contributed by atoms with van der Waals surface area (Å²) in [4.78, 5) is 38.9. The molecule has 0 unspecified atom stereocenters. The summed E-state index contributed by atoms with van der Waals surface area (Å²) in [5, 5.41) is 17.3. The number of likely N-dealkylation sites (tertiary alicyclic amines) is 1. The highest BCUT2D eigenvalue weighted by Crippen LogP contribution is 2.58. The lowest BCUT2D eigenvalue weighted by atomic mass is 9.48. The predicted molar refractivity (Wildman–Crippen MR) is 180 cm³/mol. The van der Waals surface area contributed by atoms with Crippen molar-refractivity contribution < 1.29 is 37.3 Å². The maximum atomic E-state index is 14.8. The lowest BCUT2D eigenvalue weighted by Gasteiger charge is -2.59. The van der Waals surface area contributed by atoms with Crippen molar-refractivity contribution in [1.29, 1.82) is 0 Å². The summed E-state index contributed by atoms with van der Waals surface area (Å²) in [7, 11) is 1.89. The van der Waals surface area contributed by atoms with Gasteiger partial charge in [0, 0.05) is 75.5 Å². The third-order valence-electron chi connectivity index (χ3n) is 12.8. The SMILES string of the molecule is Cn1cc(CN2CC(Oc3ccc4c(c3)C3(CCOCC3)CN4c3ncc(C(=O)NC4(C(=O)O)C5CC6CC(C5)CC4C6)c(C(F)(F)F)n3)C2)cn1. The molecule has 6 fully saturated rings. The van der Waals surface area contributed by atoms with Gasteiger partial charge in [-0.15, -0.1) is 0 Å². The average Bonchev–Trinajstić information content (AvgIpc) is 3.64. The van der Waals surface area contributed by atoms with Gasteiger partial charge >= 0.3 is 12.1 Å². The minimum Gasteiger partial charge on any atom is -0.488 e. The van der Waals surface area contributed by atoms with Gasteiger partial charge in [-0.25, -0.2) is 14.8 Å². The number of carbonyl (C=O) groups excluding carboxylic acids is 1. The molecule has 276 valence electrons. The molecule has 4 aliphatic carbocycles. The van der Waals surface area contributed by atoms with E-state index in [2.05, 4.69) is 25.3 Å². The second-order valence-corrected chi connectivity index (χ2v) is 16.0. The summed E-state index contributed by atoms with van der Waals surface area (Å²) < 4.78 is 58.1. The number of nitrogens with zero attached hydrogens (tertiary/aromatic N) is 6. The third-order valence-corrected chi connectivity index (χ3v) is 12.8. The van der Waals surface area contributed by atoms with Crippen LogP contribution in [-0.4, -0.2) is 86.1 Å². The Labute approximate surface area is 298 Å². The molecule has 12 nitrogen and oxygen atoms in total. The van der Waals surface area contributed by atoms with E-state index >= 15 is 0 Å². The molecule has 52 heavy (non-hydrogen) atoms. The number of halogens is 3. The van der Waals surface area contributed by atoms with Gasteiger partial charge in [0.25, 0.3) is 5.91 Å². The molecule has 2 saturated heterocycles. The lowest BCUT2D eigenvalue weighted by molar-refractivity contribution is -0.163. The maximum absolute atomic E-state index is 14.8. The fourth-order valence-corrected chi connectivity index (χ4v) is 10.5. The number of carboxylic acids is 1. The number of benzene rings is 1. The first-order chi connectivity index (χ1) is 24.9. The van der Waals surface area contributed by atoms with Crippen LogP contribution in [0.15, 0.2) is 36.8 Å². The summed E-state index contributed by atoms with van der Waals surface area (Å²) in [5.41, 5.74) is -1.40. The molecule has 0 radical (unpaired) electrons. The molecular weight excluding hydrogens is 679 g/mol. The highest BCUT2D eigenvalue weighted by Gasteiger charge is 2.62. The van der Waals surface area contributed by atoms with Crippen LogP contribution in [0.1, 0.15) is 72.1 Å². The van der Waals surface area contributed by atoms with E-state index in [0.29, 0.717) is 81.6 Å². The van der Waals surface area contributed by atoms with E-state index in [9.17, 15) is 27.9 Å². The molecule has 10 rings (SSSR count). The first kappa shape index (κ1) is 33.6. The zero-order valence-electron chi connectivity index (χ0n) is 28.9. The third kappa shape index (κ3) is 5.53. The molecule has 1 amide bonds. The fourth-order valence-electron chi connectivity index (χ4n) is 10.5. The number of rotatable bonds is 8. The van der Waals surface area contributed by atoms with E-state index in [1.807, 2.05) is 37.6 Å². The van der Waals surface area contributed by atoms with Gasteiger partial charge in [0.15, 0.2) is 5.69 Å². The van der Waals surface area contributed by atoms with Gasteiger partial charge in [-0.3, -0.25) is 14.4 Å². The van der Waals surface area contributed by atoms with Crippen molar-refractivity contribution in [2.24, 2.45) is 30.7 Å². The molecule has 2 aromatic heterocycles. The highest BCUT2D eigenvalue weighted by molar-refractivity contribution is 5.99. The summed E-state index contributed by atoms with van der Waals surface area (Å²) in [6.07, 6.45) is 4.77. The van der Waals surface area contributed by atoms with E-state index in [1.54, 1.807) is 9.58 Å². The Balaban J connectivity index is 0.982. The molecule has 4 saturated carbocycles. The Morgan fingerprint density at radius 3 is 2.40 bits per heavy atom. The molecule has 1 spiro atoms. The Hall–Kier alpha value is -4.24. The molecular formula is C37H42F3N7O5. The Morgan fingerprint density at radius 1 is 1.06 bits per heavy atom. The minimum atomic E-state index is -4.99. The number of amides is 1. The quantitative estimate of drug-likeness (QED) is 0.337. The van der Waals surface area contributed by atoms with Crippen LogP contribution in [0.3, 0.4) is 0 Å². The van der Waals surface area contributed by atoms with Gasteiger partial charge in [-0.1, -0.05) is 0 Å². The molecule has 3 aliphatic heterocycles. The predicted octanol–water partition coefficient (Wildman–Crippen LogP) is 4.70. The first-order valence-corrected chi connectivity index (χ1v) is 18.3. The van der Waals surface area contributed by atoms with Gasteiger partial charge in [0.2, 0.25) is 5.95 Å². The Morgan fingerprint density at radius 2 is 1.77 bits per heavy atom. The van der Waals surface area contributed by atoms with Gasteiger partial charge in [0.1, 0.15) is 17.4 Å². The standard InChI is InChI=1S/C37H42F3N7O5/c1-45-16-23(14-42-45)17-46-18-27(19-46)52-26-2-3-30-29(13-26)35(4-6-51-7-5-35)20-47(30)34-41-15-28(31(43-34)37(38,39)40)32(48)44-36(33(49)50)24-9-21-8-22(11-24)12-25(36)10-21/h2-3,13-16,21-22,24-25,27H,4-12,17-20H2,1H3,(H,44,48)(H,49,50). The van der Waals surface area contributed by atoms with Gasteiger partial charge < -0.3 is 24.8 Å². The van der Waals surface area contributed by atoms with Crippen LogP contribution in [0.25, 0.3) is 0 Å². The molecule has 15 heteroatoms. The number of nitrogens with one attached hydrogen (secondary N) is 1. The molecule has 3 aromatic rings. The number of carboxylic acid groups (broad SMARTS) is 1. The minimum absolute atomic E-state index is 0.00775. The summed E-state index contributed by atoms with van der Waals surface area (Å²) >= 11 is 0. The van der Waals surface area contributed by atoms with Crippen LogP contribution < -0.4 is 15.0 Å². The zero-order chi connectivity index (χ0) is 36.0. The number of alkyl halides is 3. The van der Waals surface area contributed by atoms with E-state index in [-0.39, 0.29) is 23.9 Å². The van der Waals surface area contributed by atoms with E-state index in [0.717, 1.165) is 43.4 Å². The fraction of sp³-hybridized carbons (Fsp3) is 0.595. The number of anilines is 2. The highest BCUT2D eigenvalue weighted by atomic mass is 19.4. The van der Waals surface area contributed by atoms with Gasteiger partial charge in [-0.05, 0) is 92.4 Å². The van der Waals surface area contributed by atoms with E-state index < -0.39 is 40.3 Å². The van der Waals surface area contributed by atoms with Crippen molar-refractivity contribution in [2.75, 3.05) is 37.7 Å². The molecule has 0 atom stereocenters. The number of hydrogen-bond donors (Lipinski definition) is 2. The number of carbonyl (C=O) groups is 2.